The van der Waals surface area contributed by atoms with Crippen LogP contribution in [0, 0.1) is 0 Å². The summed E-state index contributed by atoms with van der Waals surface area (Å²) in [6.45, 7) is 6.63. The van der Waals surface area contributed by atoms with E-state index >= 15 is 0 Å². The molecule has 0 aliphatic carbocycles. The van der Waals surface area contributed by atoms with Crippen molar-refractivity contribution < 1.29 is 0 Å². The molecule has 1 aliphatic heterocycles. The highest BCUT2D eigenvalue weighted by Crippen LogP contribution is 2.42. The second-order valence-corrected chi connectivity index (χ2v) is 9.32. The first-order valence-corrected chi connectivity index (χ1v) is 10.6. The number of pyridine rings is 1. The molecule has 1 saturated heterocycles. The highest BCUT2D eigenvalue weighted by atomic mass is 32.1. The molecule has 0 saturated carbocycles. The normalized spacial score (nSPS) is 19.1. The van der Waals surface area contributed by atoms with Crippen LogP contribution >= 0.6 is 12.2 Å². The molecule has 156 valence electrons. The zero-order valence-corrected chi connectivity index (χ0v) is 19.0. The van der Waals surface area contributed by atoms with Gasteiger partial charge in [0.05, 0.1) is 17.8 Å². The molecule has 1 N–H and O–H groups in total. The molecule has 3 aromatic rings. The first-order chi connectivity index (χ1) is 14.3. The number of aromatic nitrogens is 2. The van der Waals surface area contributed by atoms with Crippen LogP contribution < -0.4 is 15.1 Å². The fraction of sp³-hybridized carbons (Fsp3) is 0.333. The maximum absolute atomic E-state index is 5.81. The molecular formula is C24H29N5S. The van der Waals surface area contributed by atoms with Crippen LogP contribution in [0.1, 0.15) is 44.1 Å². The quantitative estimate of drug-likeness (QED) is 0.610. The third-order valence-corrected chi connectivity index (χ3v) is 5.89. The van der Waals surface area contributed by atoms with Crippen molar-refractivity contribution >= 4 is 28.7 Å². The number of thiocarbonyl (C=S) groups is 1. The van der Waals surface area contributed by atoms with Gasteiger partial charge in [-0.2, -0.15) is 0 Å². The second-order valence-electron chi connectivity index (χ2n) is 8.93. The average molecular weight is 420 g/mol. The standard InChI is InChI=1S/C24H29N5S/c1-24(2,3)28-15-13-17(16-28)22-21(20-8-6-7-14-25-20)26-23(30)29(22)19-11-9-18(10-12-19)27(4)5/h6-16,21-22H,1-5H3,(H,26,30)/t21-,22+/m0/s1. The van der Waals surface area contributed by atoms with Crippen LogP contribution in [0.15, 0.2) is 67.1 Å². The minimum absolute atomic E-state index is 0.0150. The first-order valence-electron chi connectivity index (χ1n) is 10.2. The van der Waals surface area contributed by atoms with E-state index < -0.39 is 0 Å². The van der Waals surface area contributed by atoms with Gasteiger partial charge in [0.2, 0.25) is 0 Å². The van der Waals surface area contributed by atoms with Gasteiger partial charge in [-0.3, -0.25) is 4.98 Å². The predicted molar refractivity (Wildman–Crippen MR) is 128 cm³/mol. The molecule has 4 rings (SSSR count). The number of anilines is 2. The van der Waals surface area contributed by atoms with Crippen LogP contribution in [0.2, 0.25) is 0 Å². The fourth-order valence-electron chi connectivity index (χ4n) is 3.89. The Bertz CT molecular complexity index is 1020. The summed E-state index contributed by atoms with van der Waals surface area (Å²) in [6, 6.07) is 16.8. The number of rotatable bonds is 4. The highest BCUT2D eigenvalue weighted by Gasteiger charge is 2.41. The molecule has 6 heteroatoms. The maximum Gasteiger partial charge on any atom is 0.174 e. The van der Waals surface area contributed by atoms with Crippen LogP contribution in [-0.2, 0) is 5.54 Å². The zero-order chi connectivity index (χ0) is 21.5. The summed E-state index contributed by atoms with van der Waals surface area (Å²) in [5.74, 6) is 0. The van der Waals surface area contributed by atoms with E-state index in [2.05, 4.69) is 94.2 Å². The largest absolute Gasteiger partial charge is 0.378 e. The molecule has 0 amide bonds. The Morgan fingerprint density at radius 3 is 2.33 bits per heavy atom. The Balaban J connectivity index is 1.79. The van der Waals surface area contributed by atoms with Crippen molar-refractivity contribution in [2.75, 3.05) is 23.9 Å². The van der Waals surface area contributed by atoms with E-state index in [1.54, 1.807) is 0 Å². The number of hydrogen-bond acceptors (Lipinski definition) is 3. The van der Waals surface area contributed by atoms with E-state index in [0.29, 0.717) is 0 Å². The van der Waals surface area contributed by atoms with E-state index in [1.165, 1.54) is 5.56 Å². The predicted octanol–water partition coefficient (Wildman–Crippen LogP) is 4.88. The topological polar surface area (TPSA) is 36.3 Å². The molecule has 0 spiro atoms. The molecule has 2 aromatic heterocycles. The summed E-state index contributed by atoms with van der Waals surface area (Å²) in [6.07, 6.45) is 6.23. The Morgan fingerprint density at radius 1 is 1.03 bits per heavy atom. The Hall–Kier alpha value is -2.86. The van der Waals surface area contributed by atoms with E-state index in [0.717, 1.165) is 22.2 Å². The van der Waals surface area contributed by atoms with Crippen molar-refractivity contribution in [3.8, 4) is 0 Å². The minimum atomic E-state index is -0.0250. The average Bonchev–Trinajstić information content (AvgIpc) is 3.33. The van der Waals surface area contributed by atoms with Crippen molar-refractivity contribution in [3.63, 3.8) is 0 Å². The Kier molecular flexibility index (Phi) is 5.28. The van der Waals surface area contributed by atoms with Gasteiger partial charge in [0.1, 0.15) is 0 Å². The third-order valence-electron chi connectivity index (χ3n) is 5.57. The molecular weight excluding hydrogens is 390 g/mol. The molecule has 1 fully saturated rings. The fourth-order valence-corrected chi connectivity index (χ4v) is 4.23. The zero-order valence-electron chi connectivity index (χ0n) is 18.2. The number of hydrogen-bond donors (Lipinski definition) is 1. The van der Waals surface area contributed by atoms with Gasteiger partial charge in [0.25, 0.3) is 0 Å². The SMILES string of the molecule is CN(C)c1ccc(N2C(=S)N[C@@H](c3ccccn3)[C@H]2c2ccn(C(C)(C)C)c2)cc1. The molecule has 1 aliphatic rings. The molecule has 3 heterocycles. The van der Waals surface area contributed by atoms with Gasteiger partial charge in [0.15, 0.2) is 5.11 Å². The van der Waals surface area contributed by atoms with E-state index in [1.807, 2.05) is 32.4 Å². The van der Waals surface area contributed by atoms with Crippen LogP contribution in [0.5, 0.6) is 0 Å². The summed E-state index contributed by atoms with van der Waals surface area (Å²) >= 11 is 5.81. The second kappa shape index (κ2) is 7.76. The van der Waals surface area contributed by atoms with Gasteiger partial charge in [-0.25, -0.2) is 0 Å². The minimum Gasteiger partial charge on any atom is -0.378 e. The van der Waals surface area contributed by atoms with E-state index in [4.69, 9.17) is 12.2 Å². The molecule has 1 aromatic carbocycles. The van der Waals surface area contributed by atoms with Crippen LogP contribution in [0.4, 0.5) is 11.4 Å². The maximum atomic E-state index is 5.81. The molecule has 0 bridgehead atoms. The van der Waals surface area contributed by atoms with Crippen molar-refractivity contribution in [2.24, 2.45) is 0 Å². The molecule has 2 atom stereocenters. The van der Waals surface area contributed by atoms with E-state index in [9.17, 15) is 0 Å². The first kappa shape index (κ1) is 20.4. The number of nitrogens with zero attached hydrogens (tertiary/aromatic N) is 4. The van der Waals surface area contributed by atoms with Crippen LogP contribution in [0.3, 0.4) is 0 Å². The van der Waals surface area contributed by atoms with Gasteiger partial charge in [-0.05, 0) is 81.0 Å². The lowest BCUT2D eigenvalue weighted by molar-refractivity contribution is 0.397. The van der Waals surface area contributed by atoms with Crippen LogP contribution in [-0.4, -0.2) is 28.8 Å². The lowest BCUT2D eigenvalue weighted by atomic mass is 9.98. The van der Waals surface area contributed by atoms with E-state index in [-0.39, 0.29) is 17.6 Å². The number of benzene rings is 1. The van der Waals surface area contributed by atoms with Gasteiger partial charge < -0.3 is 19.7 Å². The number of nitrogens with one attached hydrogen (secondary N) is 1. The highest BCUT2D eigenvalue weighted by molar-refractivity contribution is 7.80. The lowest BCUT2D eigenvalue weighted by Crippen LogP contribution is -2.29. The summed E-state index contributed by atoms with van der Waals surface area (Å²) in [4.78, 5) is 8.95. The van der Waals surface area contributed by atoms with Crippen molar-refractivity contribution in [3.05, 3.63) is 78.4 Å². The third kappa shape index (κ3) is 3.79. The summed E-state index contributed by atoms with van der Waals surface area (Å²) in [5, 5.41) is 4.25. The molecule has 0 unspecified atom stereocenters. The monoisotopic (exact) mass is 419 g/mol. The van der Waals surface area contributed by atoms with Gasteiger partial charge >= 0.3 is 0 Å². The Morgan fingerprint density at radius 2 is 1.77 bits per heavy atom. The van der Waals surface area contributed by atoms with Gasteiger partial charge in [-0.1, -0.05) is 6.07 Å². The smallest absolute Gasteiger partial charge is 0.174 e. The van der Waals surface area contributed by atoms with Gasteiger partial charge in [-0.15, -0.1) is 0 Å². The van der Waals surface area contributed by atoms with Crippen molar-refractivity contribution in [1.82, 2.24) is 14.9 Å². The molecule has 5 nitrogen and oxygen atoms in total. The Labute approximate surface area is 184 Å². The van der Waals surface area contributed by atoms with Crippen molar-refractivity contribution in [1.29, 1.82) is 0 Å². The summed E-state index contributed by atoms with van der Waals surface area (Å²) in [5.41, 5.74) is 4.45. The molecule has 30 heavy (non-hydrogen) atoms. The molecule has 0 radical (unpaired) electrons. The summed E-state index contributed by atoms with van der Waals surface area (Å²) < 4.78 is 2.26. The van der Waals surface area contributed by atoms with Crippen LogP contribution in [0.25, 0.3) is 0 Å². The van der Waals surface area contributed by atoms with Crippen molar-refractivity contribution in [2.45, 2.75) is 38.4 Å². The lowest BCUT2D eigenvalue weighted by Gasteiger charge is -2.28. The summed E-state index contributed by atoms with van der Waals surface area (Å²) in [7, 11) is 4.10. The van der Waals surface area contributed by atoms with Gasteiger partial charge in [0, 0.05) is 49.6 Å².